The molecule has 24 heavy (non-hydrogen) atoms. The normalized spacial score (nSPS) is 15.5. The molecule has 1 aliphatic rings. The van der Waals surface area contributed by atoms with Crippen molar-refractivity contribution in [1.29, 1.82) is 0 Å². The molecule has 1 heterocycles. The molecule has 0 radical (unpaired) electrons. The molecular weight excluding hydrogens is 304 g/mol. The van der Waals surface area contributed by atoms with Gasteiger partial charge in [0, 0.05) is 45.1 Å². The van der Waals surface area contributed by atoms with Crippen molar-refractivity contribution in [2.45, 2.75) is 51.7 Å². The molecule has 0 spiro atoms. The Labute approximate surface area is 145 Å². The summed E-state index contributed by atoms with van der Waals surface area (Å²) in [7, 11) is 1.77. The number of ether oxygens (including phenoxy) is 2. The second-order valence-electron chi connectivity index (χ2n) is 5.90. The number of aromatic nitrogens is 1. The highest BCUT2D eigenvalue weighted by Gasteiger charge is 2.18. The number of guanidine groups is 1. The third kappa shape index (κ3) is 6.35. The zero-order valence-corrected chi connectivity index (χ0v) is 14.9. The molecule has 2 N–H and O–H groups in total. The average Bonchev–Trinajstić information content (AvgIpc) is 3.11. The zero-order chi connectivity index (χ0) is 17.0. The van der Waals surface area contributed by atoms with Crippen LogP contribution < -0.4 is 15.4 Å². The van der Waals surface area contributed by atoms with Gasteiger partial charge >= 0.3 is 0 Å². The van der Waals surface area contributed by atoms with E-state index in [-0.39, 0.29) is 0 Å². The fraction of sp³-hybridized carbons (Fsp3) is 0.667. The lowest BCUT2D eigenvalue weighted by molar-refractivity contribution is 0.145. The van der Waals surface area contributed by atoms with Crippen molar-refractivity contribution in [3.05, 3.63) is 23.9 Å². The van der Waals surface area contributed by atoms with Crippen LogP contribution in [0, 0.1) is 0 Å². The van der Waals surface area contributed by atoms with Crippen LogP contribution in [0.4, 0.5) is 0 Å². The van der Waals surface area contributed by atoms with Gasteiger partial charge in [-0.05, 0) is 45.1 Å². The monoisotopic (exact) mass is 334 g/mol. The van der Waals surface area contributed by atoms with Crippen LogP contribution in [0.3, 0.4) is 0 Å². The Hall–Kier alpha value is -1.82. The second kappa shape index (κ2) is 10.9. The molecule has 1 aromatic rings. The molecule has 2 rings (SSSR count). The van der Waals surface area contributed by atoms with Crippen molar-refractivity contribution < 1.29 is 9.47 Å². The summed E-state index contributed by atoms with van der Waals surface area (Å²) in [5.74, 6) is 1.52. The molecule has 1 aromatic heterocycles. The molecular formula is C18H30N4O2. The summed E-state index contributed by atoms with van der Waals surface area (Å²) in [5.41, 5.74) is 1.06. The van der Waals surface area contributed by atoms with Gasteiger partial charge in [-0.3, -0.25) is 4.99 Å². The highest BCUT2D eigenvalue weighted by molar-refractivity contribution is 5.79. The standard InChI is InChI=1S/C18H30N4O2/c1-3-23-13-7-12-21-18(19-2)22-14-15-8-6-11-20-17(15)24-16-9-4-5-10-16/h6,8,11,16H,3-5,7,9-10,12-14H2,1-2H3,(H2,19,21,22). The molecule has 1 aliphatic carbocycles. The zero-order valence-electron chi connectivity index (χ0n) is 14.9. The molecule has 6 nitrogen and oxygen atoms in total. The molecule has 0 aromatic carbocycles. The number of hydrogen-bond acceptors (Lipinski definition) is 4. The lowest BCUT2D eigenvalue weighted by Crippen LogP contribution is -2.37. The Morgan fingerprint density at radius 1 is 1.33 bits per heavy atom. The fourth-order valence-corrected chi connectivity index (χ4v) is 2.75. The highest BCUT2D eigenvalue weighted by Crippen LogP contribution is 2.24. The van der Waals surface area contributed by atoms with Gasteiger partial charge < -0.3 is 20.1 Å². The van der Waals surface area contributed by atoms with E-state index in [4.69, 9.17) is 9.47 Å². The topological polar surface area (TPSA) is 67.8 Å². The van der Waals surface area contributed by atoms with Gasteiger partial charge in [-0.1, -0.05) is 6.07 Å². The third-order valence-corrected chi connectivity index (χ3v) is 4.06. The minimum atomic E-state index is 0.314. The molecule has 0 saturated heterocycles. The van der Waals surface area contributed by atoms with E-state index in [2.05, 4.69) is 20.6 Å². The lowest BCUT2D eigenvalue weighted by atomic mass is 10.2. The van der Waals surface area contributed by atoms with Gasteiger partial charge in [0.1, 0.15) is 6.10 Å². The van der Waals surface area contributed by atoms with Gasteiger partial charge in [0.25, 0.3) is 0 Å². The smallest absolute Gasteiger partial charge is 0.218 e. The van der Waals surface area contributed by atoms with Crippen molar-refractivity contribution in [2.24, 2.45) is 4.99 Å². The summed E-state index contributed by atoms with van der Waals surface area (Å²) >= 11 is 0. The first kappa shape index (κ1) is 18.5. The summed E-state index contributed by atoms with van der Waals surface area (Å²) in [4.78, 5) is 8.65. The van der Waals surface area contributed by atoms with Gasteiger partial charge in [0.05, 0.1) is 0 Å². The summed E-state index contributed by atoms with van der Waals surface area (Å²) in [5, 5.41) is 6.61. The molecule has 134 valence electrons. The number of nitrogens with zero attached hydrogens (tertiary/aromatic N) is 2. The minimum absolute atomic E-state index is 0.314. The summed E-state index contributed by atoms with van der Waals surface area (Å²) in [6, 6.07) is 3.99. The van der Waals surface area contributed by atoms with Crippen molar-refractivity contribution in [2.75, 3.05) is 26.8 Å². The van der Waals surface area contributed by atoms with Crippen LogP contribution >= 0.6 is 0 Å². The van der Waals surface area contributed by atoms with E-state index in [1.807, 2.05) is 19.1 Å². The highest BCUT2D eigenvalue weighted by atomic mass is 16.5. The van der Waals surface area contributed by atoms with Crippen LogP contribution in [0.15, 0.2) is 23.3 Å². The summed E-state index contributed by atoms with van der Waals surface area (Å²) in [6.45, 7) is 5.01. The predicted molar refractivity (Wildman–Crippen MR) is 96.4 cm³/mol. The molecule has 0 aliphatic heterocycles. The Morgan fingerprint density at radius 3 is 2.92 bits per heavy atom. The molecule has 0 atom stereocenters. The number of rotatable bonds is 9. The van der Waals surface area contributed by atoms with Crippen molar-refractivity contribution in [1.82, 2.24) is 15.6 Å². The van der Waals surface area contributed by atoms with Crippen LogP contribution in [-0.4, -0.2) is 43.9 Å². The number of hydrogen-bond donors (Lipinski definition) is 2. The Balaban J connectivity index is 1.79. The van der Waals surface area contributed by atoms with Gasteiger partial charge in [0.15, 0.2) is 5.96 Å². The first-order valence-corrected chi connectivity index (χ1v) is 8.96. The van der Waals surface area contributed by atoms with Crippen LogP contribution in [-0.2, 0) is 11.3 Å². The van der Waals surface area contributed by atoms with Crippen molar-refractivity contribution in [3.8, 4) is 5.88 Å². The van der Waals surface area contributed by atoms with Gasteiger partial charge in [-0.2, -0.15) is 0 Å². The SMILES string of the molecule is CCOCCCNC(=NC)NCc1cccnc1OC1CCCC1. The molecule has 1 fully saturated rings. The third-order valence-electron chi connectivity index (χ3n) is 4.06. The van der Waals surface area contributed by atoms with E-state index in [9.17, 15) is 0 Å². The van der Waals surface area contributed by atoms with E-state index in [0.717, 1.165) is 56.4 Å². The molecule has 0 bridgehead atoms. The van der Waals surface area contributed by atoms with E-state index in [1.54, 1.807) is 13.2 Å². The van der Waals surface area contributed by atoms with E-state index in [0.29, 0.717) is 12.6 Å². The Morgan fingerprint density at radius 2 is 2.17 bits per heavy atom. The lowest BCUT2D eigenvalue weighted by Gasteiger charge is -2.16. The molecule has 1 saturated carbocycles. The average molecular weight is 334 g/mol. The van der Waals surface area contributed by atoms with Crippen LogP contribution in [0.1, 0.15) is 44.6 Å². The maximum Gasteiger partial charge on any atom is 0.218 e. The second-order valence-corrected chi connectivity index (χ2v) is 5.90. The number of nitrogens with one attached hydrogen (secondary N) is 2. The largest absolute Gasteiger partial charge is 0.474 e. The van der Waals surface area contributed by atoms with Crippen LogP contribution in [0.25, 0.3) is 0 Å². The van der Waals surface area contributed by atoms with Gasteiger partial charge in [-0.15, -0.1) is 0 Å². The van der Waals surface area contributed by atoms with Gasteiger partial charge in [0.2, 0.25) is 5.88 Å². The van der Waals surface area contributed by atoms with Crippen LogP contribution in [0.5, 0.6) is 5.88 Å². The van der Waals surface area contributed by atoms with Crippen molar-refractivity contribution in [3.63, 3.8) is 0 Å². The van der Waals surface area contributed by atoms with Crippen LogP contribution in [0.2, 0.25) is 0 Å². The quantitative estimate of drug-likeness (QED) is 0.413. The first-order chi connectivity index (χ1) is 11.8. The maximum absolute atomic E-state index is 6.07. The Bertz CT molecular complexity index is 502. The van der Waals surface area contributed by atoms with E-state index < -0.39 is 0 Å². The first-order valence-electron chi connectivity index (χ1n) is 8.96. The molecule has 0 amide bonds. The van der Waals surface area contributed by atoms with Crippen molar-refractivity contribution >= 4 is 5.96 Å². The van der Waals surface area contributed by atoms with E-state index in [1.165, 1.54) is 12.8 Å². The fourth-order valence-electron chi connectivity index (χ4n) is 2.75. The molecule has 0 unspecified atom stereocenters. The minimum Gasteiger partial charge on any atom is -0.474 e. The summed E-state index contributed by atoms with van der Waals surface area (Å²) in [6.07, 6.45) is 7.83. The number of pyridine rings is 1. The predicted octanol–water partition coefficient (Wildman–Crippen LogP) is 2.49. The summed E-state index contributed by atoms with van der Waals surface area (Å²) < 4.78 is 11.4. The van der Waals surface area contributed by atoms with E-state index >= 15 is 0 Å². The number of aliphatic imine (C=N–C) groups is 1. The maximum atomic E-state index is 6.07. The Kier molecular flexibility index (Phi) is 8.38. The van der Waals surface area contributed by atoms with Gasteiger partial charge in [-0.25, -0.2) is 4.98 Å². The molecule has 6 heteroatoms.